The van der Waals surface area contributed by atoms with Gasteiger partial charge in [0.2, 0.25) is 0 Å². The number of halogens is 1. The van der Waals surface area contributed by atoms with Crippen LogP contribution in [0.2, 0.25) is 5.02 Å². The summed E-state index contributed by atoms with van der Waals surface area (Å²) in [5.74, 6) is 0. The van der Waals surface area contributed by atoms with Crippen molar-refractivity contribution in [1.29, 1.82) is 0 Å². The molecule has 0 aliphatic heterocycles. The standard InChI is InChI=1S/C16H16ClN/c17-16-8-4-3-7-14(16)11-18-15-9-12-5-1-2-6-13(12)10-15/h1-8,15,18H,9-11H2. The van der Waals surface area contributed by atoms with Crippen LogP contribution in [0.5, 0.6) is 0 Å². The van der Waals surface area contributed by atoms with Gasteiger partial charge in [0.05, 0.1) is 0 Å². The van der Waals surface area contributed by atoms with Gasteiger partial charge in [-0.1, -0.05) is 54.1 Å². The number of nitrogens with one attached hydrogen (secondary N) is 1. The Balaban J connectivity index is 1.62. The number of rotatable bonds is 3. The molecule has 92 valence electrons. The molecule has 0 saturated heterocycles. The van der Waals surface area contributed by atoms with Crippen molar-refractivity contribution in [3.05, 3.63) is 70.2 Å². The van der Waals surface area contributed by atoms with E-state index in [0.717, 1.165) is 24.4 Å². The SMILES string of the molecule is Clc1ccccc1CNC1Cc2ccccc2C1. The molecule has 1 aliphatic rings. The predicted molar refractivity (Wildman–Crippen MR) is 75.9 cm³/mol. The maximum absolute atomic E-state index is 6.16. The lowest BCUT2D eigenvalue weighted by atomic mass is 10.1. The Hall–Kier alpha value is -1.31. The van der Waals surface area contributed by atoms with Crippen LogP contribution in [0.4, 0.5) is 0 Å². The van der Waals surface area contributed by atoms with E-state index >= 15 is 0 Å². The maximum Gasteiger partial charge on any atom is 0.0450 e. The number of hydrogen-bond donors (Lipinski definition) is 1. The van der Waals surface area contributed by atoms with E-state index in [9.17, 15) is 0 Å². The smallest absolute Gasteiger partial charge is 0.0450 e. The van der Waals surface area contributed by atoms with E-state index in [4.69, 9.17) is 11.6 Å². The number of fused-ring (bicyclic) bond motifs is 1. The molecule has 1 N–H and O–H groups in total. The minimum absolute atomic E-state index is 0.540. The Labute approximate surface area is 113 Å². The summed E-state index contributed by atoms with van der Waals surface area (Å²) in [6, 6.07) is 17.3. The van der Waals surface area contributed by atoms with Crippen LogP contribution in [0.25, 0.3) is 0 Å². The highest BCUT2D eigenvalue weighted by atomic mass is 35.5. The second-order valence-corrected chi connectivity index (χ2v) is 5.25. The first-order chi connectivity index (χ1) is 8.83. The van der Waals surface area contributed by atoms with Gasteiger partial charge in [0, 0.05) is 17.6 Å². The minimum atomic E-state index is 0.540. The molecule has 1 aliphatic carbocycles. The molecule has 0 atom stereocenters. The van der Waals surface area contributed by atoms with E-state index in [1.807, 2.05) is 18.2 Å². The van der Waals surface area contributed by atoms with Crippen molar-refractivity contribution in [1.82, 2.24) is 5.32 Å². The molecule has 0 radical (unpaired) electrons. The Kier molecular flexibility index (Phi) is 3.35. The molecule has 0 saturated carbocycles. The Bertz CT molecular complexity index is 525. The van der Waals surface area contributed by atoms with Crippen molar-refractivity contribution in [3.8, 4) is 0 Å². The van der Waals surface area contributed by atoms with E-state index in [0.29, 0.717) is 6.04 Å². The summed E-state index contributed by atoms with van der Waals surface area (Å²) in [6.45, 7) is 0.846. The highest BCUT2D eigenvalue weighted by Crippen LogP contribution is 2.22. The molecule has 0 heterocycles. The van der Waals surface area contributed by atoms with E-state index in [1.54, 1.807) is 0 Å². The van der Waals surface area contributed by atoms with Gasteiger partial charge in [0.15, 0.2) is 0 Å². The lowest BCUT2D eigenvalue weighted by Gasteiger charge is -2.12. The van der Waals surface area contributed by atoms with Gasteiger partial charge in [0.25, 0.3) is 0 Å². The van der Waals surface area contributed by atoms with Crippen LogP contribution >= 0.6 is 11.6 Å². The maximum atomic E-state index is 6.16. The molecule has 18 heavy (non-hydrogen) atoms. The van der Waals surface area contributed by atoms with Crippen molar-refractivity contribution in [3.63, 3.8) is 0 Å². The molecule has 0 aromatic heterocycles. The zero-order valence-electron chi connectivity index (χ0n) is 10.2. The van der Waals surface area contributed by atoms with Crippen LogP contribution < -0.4 is 5.32 Å². The molecule has 2 aromatic rings. The second-order valence-electron chi connectivity index (χ2n) is 4.85. The third-order valence-corrected chi connectivity index (χ3v) is 3.96. The highest BCUT2D eigenvalue weighted by Gasteiger charge is 2.20. The first-order valence-electron chi connectivity index (χ1n) is 6.36. The Morgan fingerprint density at radius 1 is 0.944 bits per heavy atom. The van der Waals surface area contributed by atoms with Gasteiger partial charge in [-0.15, -0.1) is 0 Å². The zero-order valence-corrected chi connectivity index (χ0v) is 11.0. The summed E-state index contributed by atoms with van der Waals surface area (Å²) in [5, 5.41) is 4.45. The minimum Gasteiger partial charge on any atom is -0.309 e. The van der Waals surface area contributed by atoms with E-state index in [-0.39, 0.29) is 0 Å². The fourth-order valence-electron chi connectivity index (χ4n) is 2.60. The van der Waals surface area contributed by atoms with Gasteiger partial charge >= 0.3 is 0 Å². The fraction of sp³-hybridized carbons (Fsp3) is 0.250. The van der Waals surface area contributed by atoms with Crippen LogP contribution in [-0.4, -0.2) is 6.04 Å². The summed E-state index contributed by atoms with van der Waals surface area (Å²) < 4.78 is 0. The van der Waals surface area contributed by atoms with Gasteiger partial charge in [-0.25, -0.2) is 0 Å². The van der Waals surface area contributed by atoms with Crippen molar-refractivity contribution in [2.24, 2.45) is 0 Å². The van der Waals surface area contributed by atoms with Gasteiger partial charge in [0.1, 0.15) is 0 Å². The van der Waals surface area contributed by atoms with Crippen LogP contribution in [0.3, 0.4) is 0 Å². The fourth-order valence-corrected chi connectivity index (χ4v) is 2.80. The van der Waals surface area contributed by atoms with Crippen molar-refractivity contribution in [2.75, 3.05) is 0 Å². The monoisotopic (exact) mass is 257 g/mol. The molecule has 0 amide bonds. The topological polar surface area (TPSA) is 12.0 Å². The van der Waals surface area contributed by atoms with Gasteiger partial charge < -0.3 is 5.32 Å². The zero-order chi connectivity index (χ0) is 12.4. The summed E-state index contributed by atoms with van der Waals surface area (Å²) in [6.07, 6.45) is 2.25. The molecule has 0 bridgehead atoms. The molecule has 2 aromatic carbocycles. The van der Waals surface area contributed by atoms with Crippen LogP contribution in [0.15, 0.2) is 48.5 Å². The Morgan fingerprint density at radius 3 is 2.22 bits per heavy atom. The molecular weight excluding hydrogens is 242 g/mol. The third kappa shape index (κ3) is 2.43. The quantitative estimate of drug-likeness (QED) is 0.886. The predicted octanol–water partition coefficient (Wildman–Crippen LogP) is 3.60. The van der Waals surface area contributed by atoms with Crippen LogP contribution in [0.1, 0.15) is 16.7 Å². The van der Waals surface area contributed by atoms with E-state index in [2.05, 4.69) is 35.6 Å². The number of benzene rings is 2. The van der Waals surface area contributed by atoms with Gasteiger partial charge in [-0.2, -0.15) is 0 Å². The van der Waals surface area contributed by atoms with Crippen molar-refractivity contribution in [2.45, 2.75) is 25.4 Å². The van der Waals surface area contributed by atoms with E-state index in [1.165, 1.54) is 16.7 Å². The van der Waals surface area contributed by atoms with Crippen molar-refractivity contribution >= 4 is 11.6 Å². The van der Waals surface area contributed by atoms with Crippen LogP contribution in [0, 0.1) is 0 Å². The molecule has 2 heteroatoms. The van der Waals surface area contributed by atoms with E-state index < -0.39 is 0 Å². The second kappa shape index (κ2) is 5.13. The van der Waals surface area contributed by atoms with Gasteiger partial charge in [-0.3, -0.25) is 0 Å². The van der Waals surface area contributed by atoms with Crippen molar-refractivity contribution < 1.29 is 0 Å². The molecule has 0 fully saturated rings. The lowest BCUT2D eigenvalue weighted by Crippen LogP contribution is -2.29. The summed E-state index contributed by atoms with van der Waals surface area (Å²) in [7, 11) is 0. The van der Waals surface area contributed by atoms with Crippen LogP contribution in [-0.2, 0) is 19.4 Å². The average molecular weight is 258 g/mol. The first kappa shape index (κ1) is 11.8. The highest BCUT2D eigenvalue weighted by molar-refractivity contribution is 6.31. The largest absolute Gasteiger partial charge is 0.309 e. The molecular formula is C16H16ClN. The normalized spacial score (nSPS) is 14.7. The lowest BCUT2D eigenvalue weighted by molar-refractivity contribution is 0.533. The first-order valence-corrected chi connectivity index (χ1v) is 6.74. The summed E-state index contributed by atoms with van der Waals surface area (Å²) in [4.78, 5) is 0. The third-order valence-electron chi connectivity index (χ3n) is 3.59. The summed E-state index contributed by atoms with van der Waals surface area (Å²) >= 11 is 6.16. The Morgan fingerprint density at radius 2 is 1.56 bits per heavy atom. The van der Waals surface area contributed by atoms with Gasteiger partial charge in [-0.05, 0) is 35.6 Å². The molecule has 0 spiro atoms. The summed E-state index contributed by atoms with van der Waals surface area (Å²) in [5.41, 5.74) is 4.14. The number of hydrogen-bond acceptors (Lipinski definition) is 1. The average Bonchev–Trinajstić information content (AvgIpc) is 2.80. The molecule has 3 rings (SSSR count). The molecule has 0 unspecified atom stereocenters. The molecule has 1 nitrogen and oxygen atoms in total.